The zero-order valence-corrected chi connectivity index (χ0v) is 18.2. The fraction of sp³-hybridized carbons (Fsp3) is 0.652. The quantitative estimate of drug-likeness (QED) is 0.588. The Morgan fingerprint density at radius 1 is 1.24 bits per heavy atom. The van der Waals surface area contributed by atoms with Gasteiger partial charge in [-0.1, -0.05) is 31.4 Å². The maximum Gasteiger partial charge on any atom is 0.259 e. The first kappa shape index (κ1) is 21.5. The van der Waals surface area contributed by atoms with Gasteiger partial charge in [-0.3, -0.25) is 4.79 Å². The first-order valence-electron chi connectivity index (χ1n) is 11.0. The van der Waals surface area contributed by atoms with Crippen molar-refractivity contribution in [3.8, 4) is 5.75 Å². The van der Waals surface area contributed by atoms with Crippen molar-refractivity contribution in [2.75, 3.05) is 40.3 Å². The Morgan fingerprint density at radius 2 is 2.03 bits per heavy atom. The highest BCUT2D eigenvalue weighted by Gasteiger charge is 2.39. The van der Waals surface area contributed by atoms with E-state index in [0.717, 1.165) is 31.2 Å². The molecule has 1 aliphatic carbocycles. The molecule has 6 heteroatoms. The third-order valence-corrected chi connectivity index (χ3v) is 6.16. The highest BCUT2D eigenvalue weighted by Crippen LogP contribution is 2.43. The molecule has 1 aliphatic heterocycles. The highest BCUT2D eigenvalue weighted by atomic mass is 16.5. The standard InChI is InChI=1S/C23H36N4O2/c1-4-24-22(27-14-13-23(18-27)11-6-5-7-12-23)25-16-19-9-8-10-20(15-19)29-17-21(28)26(2)3/h8-10,15H,4-7,11-14,16-18H2,1-3H3,(H,24,25). The first-order chi connectivity index (χ1) is 14.0. The monoisotopic (exact) mass is 400 g/mol. The van der Waals surface area contributed by atoms with Crippen LogP contribution in [0, 0.1) is 5.41 Å². The van der Waals surface area contributed by atoms with E-state index in [1.165, 1.54) is 43.4 Å². The molecule has 29 heavy (non-hydrogen) atoms. The molecule has 160 valence electrons. The summed E-state index contributed by atoms with van der Waals surface area (Å²) in [4.78, 5) is 20.6. The summed E-state index contributed by atoms with van der Waals surface area (Å²) in [6.45, 7) is 5.88. The van der Waals surface area contributed by atoms with E-state index in [9.17, 15) is 4.79 Å². The number of hydrogen-bond donors (Lipinski definition) is 1. The third-order valence-electron chi connectivity index (χ3n) is 6.16. The number of likely N-dealkylation sites (N-methyl/N-ethyl adjacent to an activating group) is 1. The van der Waals surface area contributed by atoms with Crippen LogP contribution in [-0.4, -0.2) is 62.0 Å². The molecule has 2 aliphatic rings. The Balaban J connectivity index is 1.61. The lowest BCUT2D eigenvalue weighted by atomic mass is 9.73. The second-order valence-corrected chi connectivity index (χ2v) is 8.63. The molecular formula is C23H36N4O2. The average molecular weight is 401 g/mol. The smallest absolute Gasteiger partial charge is 0.259 e. The van der Waals surface area contributed by atoms with Crippen LogP contribution in [-0.2, 0) is 11.3 Å². The van der Waals surface area contributed by atoms with Crippen LogP contribution in [0.2, 0.25) is 0 Å². The minimum Gasteiger partial charge on any atom is -0.484 e. The number of likely N-dealkylation sites (tertiary alicyclic amines) is 1. The van der Waals surface area contributed by atoms with Gasteiger partial charge in [0.05, 0.1) is 6.54 Å². The van der Waals surface area contributed by atoms with Crippen molar-refractivity contribution < 1.29 is 9.53 Å². The number of aliphatic imine (C=N–C) groups is 1. The predicted octanol–water partition coefficient (Wildman–Crippen LogP) is 3.28. The molecular weight excluding hydrogens is 364 g/mol. The molecule has 1 heterocycles. The minimum absolute atomic E-state index is 0.0477. The fourth-order valence-electron chi connectivity index (χ4n) is 4.43. The summed E-state index contributed by atoms with van der Waals surface area (Å²) in [5, 5.41) is 3.48. The van der Waals surface area contributed by atoms with E-state index >= 15 is 0 Å². The van der Waals surface area contributed by atoms with Crippen molar-refractivity contribution in [3.63, 3.8) is 0 Å². The number of guanidine groups is 1. The molecule has 1 saturated heterocycles. The van der Waals surface area contributed by atoms with Crippen molar-refractivity contribution in [3.05, 3.63) is 29.8 Å². The summed E-state index contributed by atoms with van der Waals surface area (Å²) in [7, 11) is 3.46. The summed E-state index contributed by atoms with van der Waals surface area (Å²) in [5.41, 5.74) is 1.60. The van der Waals surface area contributed by atoms with Gasteiger partial charge < -0.3 is 19.9 Å². The van der Waals surface area contributed by atoms with Gasteiger partial charge in [0.1, 0.15) is 5.75 Å². The molecule has 0 radical (unpaired) electrons. The third kappa shape index (κ3) is 5.87. The van der Waals surface area contributed by atoms with Crippen molar-refractivity contribution in [2.45, 2.75) is 52.0 Å². The lowest BCUT2D eigenvalue weighted by molar-refractivity contribution is -0.130. The van der Waals surface area contributed by atoms with Gasteiger partial charge in [-0.2, -0.15) is 0 Å². The van der Waals surface area contributed by atoms with Gasteiger partial charge in [-0.25, -0.2) is 4.99 Å². The van der Waals surface area contributed by atoms with Gasteiger partial charge in [0, 0.05) is 33.7 Å². The zero-order chi connectivity index (χ0) is 20.7. The Bertz CT molecular complexity index is 711. The maximum absolute atomic E-state index is 11.7. The highest BCUT2D eigenvalue weighted by molar-refractivity contribution is 5.80. The number of carbonyl (C=O) groups is 1. The number of nitrogens with one attached hydrogen (secondary N) is 1. The van der Waals surface area contributed by atoms with Crippen LogP contribution in [0.3, 0.4) is 0 Å². The minimum atomic E-state index is -0.0477. The number of ether oxygens (including phenoxy) is 1. The lowest BCUT2D eigenvalue weighted by Crippen LogP contribution is -2.41. The van der Waals surface area contributed by atoms with E-state index in [1.807, 2.05) is 18.2 Å². The molecule has 6 nitrogen and oxygen atoms in total. The zero-order valence-electron chi connectivity index (χ0n) is 18.2. The fourth-order valence-corrected chi connectivity index (χ4v) is 4.43. The van der Waals surface area contributed by atoms with Crippen LogP contribution < -0.4 is 10.1 Å². The average Bonchev–Trinajstić information content (AvgIpc) is 3.13. The molecule has 1 amide bonds. The van der Waals surface area contributed by atoms with Gasteiger partial charge >= 0.3 is 0 Å². The summed E-state index contributed by atoms with van der Waals surface area (Å²) in [5.74, 6) is 1.68. The van der Waals surface area contributed by atoms with E-state index in [2.05, 4.69) is 23.2 Å². The van der Waals surface area contributed by atoms with Crippen LogP contribution in [0.15, 0.2) is 29.3 Å². The van der Waals surface area contributed by atoms with Crippen molar-refractivity contribution in [1.82, 2.24) is 15.1 Å². The van der Waals surface area contributed by atoms with Crippen LogP contribution >= 0.6 is 0 Å². The Morgan fingerprint density at radius 3 is 2.76 bits per heavy atom. The number of benzene rings is 1. The Hall–Kier alpha value is -2.24. The second kappa shape index (κ2) is 9.99. The number of carbonyl (C=O) groups excluding carboxylic acids is 1. The van der Waals surface area contributed by atoms with Crippen LogP contribution in [0.4, 0.5) is 0 Å². The summed E-state index contributed by atoms with van der Waals surface area (Å²) in [6.07, 6.45) is 8.19. The number of rotatable bonds is 6. The molecule has 1 aromatic rings. The first-order valence-corrected chi connectivity index (χ1v) is 11.0. The summed E-state index contributed by atoms with van der Waals surface area (Å²) < 4.78 is 5.63. The molecule has 2 fully saturated rings. The number of amides is 1. The summed E-state index contributed by atoms with van der Waals surface area (Å²) in [6, 6.07) is 7.87. The Labute approximate surface area is 175 Å². The molecule has 0 unspecified atom stereocenters. The Kier molecular flexibility index (Phi) is 7.40. The van der Waals surface area contributed by atoms with Crippen molar-refractivity contribution >= 4 is 11.9 Å². The number of hydrogen-bond acceptors (Lipinski definition) is 3. The van der Waals surface area contributed by atoms with Crippen LogP contribution in [0.1, 0.15) is 51.0 Å². The molecule has 0 atom stereocenters. The number of nitrogens with zero attached hydrogens (tertiary/aromatic N) is 3. The molecule has 0 bridgehead atoms. The molecule has 3 rings (SSSR count). The van der Waals surface area contributed by atoms with E-state index < -0.39 is 0 Å². The van der Waals surface area contributed by atoms with Crippen molar-refractivity contribution in [1.29, 1.82) is 0 Å². The van der Waals surface area contributed by atoms with Gasteiger partial charge in [0.25, 0.3) is 5.91 Å². The topological polar surface area (TPSA) is 57.2 Å². The van der Waals surface area contributed by atoms with E-state index in [4.69, 9.17) is 9.73 Å². The van der Waals surface area contributed by atoms with Crippen LogP contribution in [0.5, 0.6) is 5.75 Å². The largest absolute Gasteiger partial charge is 0.484 e. The van der Waals surface area contributed by atoms with Crippen LogP contribution in [0.25, 0.3) is 0 Å². The van der Waals surface area contributed by atoms with E-state index in [-0.39, 0.29) is 12.5 Å². The lowest BCUT2D eigenvalue weighted by Gasteiger charge is -2.33. The molecule has 0 aromatic heterocycles. The van der Waals surface area contributed by atoms with Gasteiger partial charge in [0.2, 0.25) is 0 Å². The molecule has 1 N–H and O–H groups in total. The van der Waals surface area contributed by atoms with E-state index in [0.29, 0.717) is 17.7 Å². The molecule has 1 saturated carbocycles. The van der Waals surface area contributed by atoms with Crippen molar-refractivity contribution in [2.24, 2.45) is 10.4 Å². The normalized spacial score (nSPS) is 18.7. The predicted molar refractivity (Wildman–Crippen MR) is 117 cm³/mol. The van der Waals surface area contributed by atoms with E-state index in [1.54, 1.807) is 14.1 Å². The maximum atomic E-state index is 11.7. The SMILES string of the molecule is CCNC(=NCc1cccc(OCC(=O)N(C)C)c1)N1CCC2(CCCCC2)C1. The second-order valence-electron chi connectivity index (χ2n) is 8.63. The van der Waals surface area contributed by atoms with Gasteiger partial charge in [-0.05, 0) is 49.3 Å². The molecule has 1 aromatic carbocycles. The van der Waals surface area contributed by atoms with Gasteiger partial charge in [-0.15, -0.1) is 0 Å². The summed E-state index contributed by atoms with van der Waals surface area (Å²) >= 11 is 0. The molecule has 1 spiro atoms. The van der Waals surface area contributed by atoms with Gasteiger partial charge in [0.15, 0.2) is 12.6 Å².